The summed E-state index contributed by atoms with van der Waals surface area (Å²) in [5.74, 6) is 0.262. The SMILES string of the molecule is CCc1cccc2c(/C=C3\SC(=S)N(CC(C)C)C3=O)cn(CC(=O)NC[C@@H]3CCCO3)c12. The van der Waals surface area contributed by atoms with Gasteiger partial charge in [-0.2, -0.15) is 0 Å². The Hall–Kier alpha value is -2.16. The van der Waals surface area contributed by atoms with Crippen LogP contribution in [0.4, 0.5) is 0 Å². The first-order valence-corrected chi connectivity index (χ1v) is 12.8. The molecule has 0 spiro atoms. The van der Waals surface area contributed by atoms with Crippen LogP contribution in [0.5, 0.6) is 0 Å². The van der Waals surface area contributed by atoms with Crippen LogP contribution in [0.1, 0.15) is 44.7 Å². The van der Waals surface area contributed by atoms with Crippen LogP contribution in [0.3, 0.4) is 0 Å². The van der Waals surface area contributed by atoms with Crippen LogP contribution in [-0.4, -0.2) is 51.4 Å². The lowest BCUT2D eigenvalue weighted by Crippen LogP contribution is -2.34. The van der Waals surface area contributed by atoms with Crippen molar-refractivity contribution >= 4 is 57.1 Å². The predicted octanol–water partition coefficient (Wildman–Crippen LogP) is 4.36. The van der Waals surface area contributed by atoms with Crippen molar-refractivity contribution in [3.05, 3.63) is 40.4 Å². The van der Waals surface area contributed by atoms with Crippen LogP contribution < -0.4 is 5.32 Å². The number of fused-ring (bicyclic) bond motifs is 1. The number of benzene rings is 1. The zero-order chi connectivity index (χ0) is 23.5. The molecule has 4 rings (SSSR count). The van der Waals surface area contributed by atoms with Gasteiger partial charge in [-0.1, -0.05) is 63.0 Å². The third-order valence-electron chi connectivity index (χ3n) is 5.97. The van der Waals surface area contributed by atoms with E-state index in [4.69, 9.17) is 17.0 Å². The summed E-state index contributed by atoms with van der Waals surface area (Å²) in [6, 6.07) is 6.18. The Kier molecular flexibility index (Phi) is 7.56. The maximum Gasteiger partial charge on any atom is 0.266 e. The summed E-state index contributed by atoms with van der Waals surface area (Å²) in [7, 11) is 0. The fourth-order valence-electron chi connectivity index (χ4n) is 4.40. The smallest absolute Gasteiger partial charge is 0.266 e. The molecular weight excluding hydrogens is 454 g/mol. The van der Waals surface area contributed by atoms with E-state index in [9.17, 15) is 9.59 Å². The first-order chi connectivity index (χ1) is 15.9. The molecule has 3 heterocycles. The van der Waals surface area contributed by atoms with Crippen LogP contribution in [-0.2, 0) is 27.3 Å². The van der Waals surface area contributed by atoms with Gasteiger partial charge in [0.15, 0.2) is 0 Å². The number of aryl methyl sites for hydroxylation is 1. The van der Waals surface area contributed by atoms with Crippen LogP contribution in [0.15, 0.2) is 29.3 Å². The maximum absolute atomic E-state index is 13.0. The normalized spacial score (nSPS) is 20.1. The van der Waals surface area contributed by atoms with Gasteiger partial charge in [0.1, 0.15) is 10.9 Å². The molecule has 1 aromatic heterocycles. The number of hydrogen-bond acceptors (Lipinski definition) is 5. The first-order valence-electron chi connectivity index (χ1n) is 11.6. The lowest BCUT2D eigenvalue weighted by atomic mass is 10.1. The number of hydrogen-bond donors (Lipinski definition) is 1. The Balaban J connectivity index is 1.61. The molecule has 2 aliphatic rings. The molecule has 0 bridgehead atoms. The minimum atomic E-state index is -0.0412. The topological polar surface area (TPSA) is 63.6 Å². The van der Waals surface area contributed by atoms with Crippen molar-refractivity contribution in [2.45, 2.75) is 52.7 Å². The summed E-state index contributed by atoms with van der Waals surface area (Å²) in [4.78, 5) is 28.0. The molecule has 2 saturated heterocycles. The van der Waals surface area contributed by atoms with Crippen molar-refractivity contribution in [1.29, 1.82) is 0 Å². The van der Waals surface area contributed by atoms with Gasteiger partial charge in [-0.15, -0.1) is 0 Å². The molecule has 33 heavy (non-hydrogen) atoms. The maximum atomic E-state index is 13.0. The summed E-state index contributed by atoms with van der Waals surface area (Å²) in [6.07, 6.45) is 6.91. The molecule has 2 fully saturated rings. The van der Waals surface area contributed by atoms with E-state index in [-0.39, 0.29) is 24.5 Å². The molecule has 176 valence electrons. The first kappa shape index (κ1) is 24.0. The molecule has 6 nitrogen and oxygen atoms in total. The lowest BCUT2D eigenvalue weighted by molar-refractivity contribution is -0.123. The molecule has 0 saturated carbocycles. The number of aromatic nitrogens is 1. The van der Waals surface area contributed by atoms with Gasteiger partial charge in [0, 0.05) is 36.8 Å². The molecule has 1 N–H and O–H groups in total. The van der Waals surface area contributed by atoms with E-state index in [2.05, 4.69) is 38.2 Å². The molecule has 2 aromatic rings. The van der Waals surface area contributed by atoms with Crippen molar-refractivity contribution in [2.24, 2.45) is 5.92 Å². The molecule has 1 aromatic carbocycles. The minimum Gasteiger partial charge on any atom is -0.376 e. The van der Waals surface area contributed by atoms with Crippen molar-refractivity contribution in [2.75, 3.05) is 19.7 Å². The second-order valence-electron chi connectivity index (χ2n) is 9.00. The van der Waals surface area contributed by atoms with Gasteiger partial charge in [-0.25, -0.2) is 0 Å². The van der Waals surface area contributed by atoms with Crippen molar-refractivity contribution in [3.63, 3.8) is 0 Å². The Morgan fingerprint density at radius 3 is 2.91 bits per heavy atom. The van der Waals surface area contributed by atoms with Crippen molar-refractivity contribution in [3.8, 4) is 0 Å². The molecule has 0 unspecified atom stereocenters. The number of thioether (sulfide) groups is 1. The highest BCUT2D eigenvalue weighted by Crippen LogP contribution is 2.35. The number of thiocarbonyl (C=S) groups is 1. The molecule has 8 heteroatoms. The third kappa shape index (κ3) is 5.34. The van der Waals surface area contributed by atoms with Crippen molar-refractivity contribution < 1.29 is 14.3 Å². The Bertz CT molecular complexity index is 1100. The Morgan fingerprint density at radius 2 is 2.21 bits per heavy atom. The van der Waals surface area contributed by atoms with E-state index in [1.807, 2.05) is 22.9 Å². The highest BCUT2D eigenvalue weighted by Gasteiger charge is 2.32. The second kappa shape index (κ2) is 10.4. The molecule has 0 aliphatic carbocycles. The summed E-state index contributed by atoms with van der Waals surface area (Å²) >= 11 is 6.81. The zero-order valence-corrected chi connectivity index (χ0v) is 21.1. The highest BCUT2D eigenvalue weighted by atomic mass is 32.2. The second-order valence-corrected chi connectivity index (χ2v) is 10.7. The monoisotopic (exact) mass is 485 g/mol. The van der Waals surface area contributed by atoms with Gasteiger partial charge in [0.05, 0.1) is 16.5 Å². The van der Waals surface area contributed by atoms with E-state index < -0.39 is 0 Å². The molecule has 2 amide bonds. The number of rotatable bonds is 8. The van der Waals surface area contributed by atoms with E-state index in [1.54, 1.807) is 4.90 Å². The van der Waals surface area contributed by atoms with Gasteiger partial charge in [0.2, 0.25) is 5.91 Å². The average Bonchev–Trinajstić information content (AvgIpc) is 3.48. The van der Waals surface area contributed by atoms with Gasteiger partial charge in [0.25, 0.3) is 5.91 Å². The molecule has 1 atom stereocenters. The minimum absolute atomic E-state index is 0.0388. The Morgan fingerprint density at radius 1 is 1.39 bits per heavy atom. The van der Waals surface area contributed by atoms with Crippen LogP contribution in [0, 0.1) is 5.92 Å². The number of nitrogens with one attached hydrogen (secondary N) is 1. The molecule has 2 aliphatic heterocycles. The molecule has 0 radical (unpaired) electrons. The number of ether oxygens (including phenoxy) is 1. The zero-order valence-electron chi connectivity index (χ0n) is 19.4. The number of para-hydroxylation sites is 1. The van der Waals surface area contributed by atoms with E-state index in [0.29, 0.717) is 28.2 Å². The standard InChI is InChI=1S/C25H31N3O3S2/c1-4-17-7-5-9-20-18(11-21-24(30)28(13-16(2)3)25(32)33-21)14-27(23(17)20)15-22(29)26-12-19-8-6-10-31-19/h5,7,9,11,14,16,19H,4,6,8,10,12-13,15H2,1-3H3,(H,26,29)/b21-11-/t19-/m0/s1. The van der Waals surface area contributed by atoms with Crippen LogP contribution in [0.2, 0.25) is 0 Å². The van der Waals surface area contributed by atoms with E-state index >= 15 is 0 Å². The Labute approximate surface area is 204 Å². The van der Waals surface area contributed by atoms with Crippen LogP contribution >= 0.6 is 24.0 Å². The summed E-state index contributed by atoms with van der Waals surface area (Å²) < 4.78 is 8.21. The van der Waals surface area contributed by atoms with E-state index in [1.165, 1.54) is 17.3 Å². The van der Waals surface area contributed by atoms with Gasteiger partial charge < -0.3 is 14.6 Å². The van der Waals surface area contributed by atoms with Gasteiger partial charge in [-0.05, 0) is 36.8 Å². The largest absolute Gasteiger partial charge is 0.376 e. The van der Waals surface area contributed by atoms with E-state index in [0.717, 1.165) is 42.3 Å². The summed E-state index contributed by atoms with van der Waals surface area (Å²) in [6.45, 7) is 8.43. The fourth-order valence-corrected chi connectivity index (χ4v) is 5.66. The highest BCUT2D eigenvalue weighted by molar-refractivity contribution is 8.26. The number of carbonyl (C=O) groups is 2. The number of carbonyl (C=O) groups excluding carboxylic acids is 2. The predicted molar refractivity (Wildman–Crippen MR) is 138 cm³/mol. The summed E-state index contributed by atoms with van der Waals surface area (Å²) in [5.41, 5.74) is 3.14. The molecular formula is C25H31N3O3S2. The number of nitrogens with zero attached hydrogens (tertiary/aromatic N) is 2. The summed E-state index contributed by atoms with van der Waals surface area (Å²) in [5, 5.41) is 4.05. The average molecular weight is 486 g/mol. The van der Waals surface area contributed by atoms with Crippen molar-refractivity contribution in [1.82, 2.24) is 14.8 Å². The quantitative estimate of drug-likeness (QED) is 0.445. The van der Waals surface area contributed by atoms with Gasteiger partial charge in [-0.3, -0.25) is 14.5 Å². The third-order valence-corrected chi connectivity index (χ3v) is 7.34. The lowest BCUT2D eigenvalue weighted by Gasteiger charge is -2.16. The van der Waals surface area contributed by atoms with Gasteiger partial charge >= 0.3 is 0 Å². The van der Waals surface area contributed by atoms with Crippen LogP contribution in [0.25, 0.3) is 17.0 Å². The fraction of sp³-hybridized carbons (Fsp3) is 0.480. The number of amides is 2.